The predicted molar refractivity (Wildman–Crippen MR) is 145 cm³/mol. The number of aliphatic hydroxyl groups excluding tert-OH is 4. The summed E-state index contributed by atoms with van der Waals surface area (Å²) >= 11 is 0. The first kappa shape index (κ1) is 30.9. The summed E-state index contributed by atoms with van der Waals surface area (Å²) in [5, 5.41) is 41.2. The quantitative estimate of drug-likeness (QED) is 0.231. The Bertz CT molecular complexity index is 1450. The third-order valence-corrected chi connectivity index (χ3v) is 6.59. The number of hydrogen-bond acceptors (Lipinski definition) is 13. The minimum absolute atomic E-state index is 0.0138. The molecule has 1 aliphatic rings. The van der Waals surface area contributed by atoms with Gasteiger partial charge in [0.2, 0.25) is 5.43 Å². The summed E-state index contributed by atoms with van der Waals surface area (Å²) in [6, 6.07) is 9.15. The minimum atomic E-state index is -1.72. The number of carbonyl (C=O) groups is 2. The standard InChI is InChI=1S/C29H32O13/c1-3-37-21(31)13-39-16-7-5-15(6-8-16)18-12-41-28-17(24(18)33)9-10-19(40-14-22(32)38-4-2)23(28)29-27(36)26(35)25(34)20(11-30)42-29/h5-10,12,20,25-27,29-30,34-36H,3-4,11,13-14H2,1-2H3/t20-,25-,26+,27-,29+/m1/s1. The smallest absolute Gasteiger partial charge is 0.344 e. The lowest BCUT2D eigenvalue weighted by atomic mass is 9.89. The van der Waals surface area contributed by atoms with Crippen molar-refractivity contribution < 1.29 is 58.1 Å². The number of ether oxygens (including phenoxy) is 5. The molecule has 13 nitrogen and oxygen atoms in total. The Morgan fingerprint density at radius 2 is 1.50 bits per heavy atom. The third-order valence-electron chi connectivity index (χ3n) is 6.59. The molecule has 0 radical (unpaired) electrons. The van der Waals surface area contributed by atoms with E-state index in [-0.39, 0.29) is 47.7 Å². The second-order valence-corrected chi connectivity index (χ2v) is 9.29. The molecule has 0 bridgehead atoms. The Labute approximate surface area is 239 Å². The number of fused-ring (bicyclic) bond motifs is 1. The van der Waals surface area contributed by atoms with Crippen molar-refractivity contribution >= 4 is 22.9 Å². The van der Waals surface area contributed by atoms with Gasteiger partial charge < -0.3 is 48.5 Å². The molecule has 0 amide bonds. The highest BCUT2D eigenvalue weighted by Gasteiger charge is 2.46. The monoisotopic (exact) mass is 588 g/mol. The molecule has 4 N–H and O–H groups in total. The fourth-order valence-electron chi connectivity index (χ4n) is 4.55. The molecule has 1 aromatic heterocycles. The lowest BCUT2D eigenvalue weighted by Crippen LogP contribution is -2.55. The van der Waals surface area contributed by atoms with E-state index in [9.17, 15) is 34.8 Å². The Morgan fingerprint density at radius 1 is 0.857 bits per heavy atom. The van der Waals surface area contributed by atoms with Crippen molar-refractivity contribution in [2.75, 3.05) is 33.0 Å². The third kappa shape index (κ3) is 6.55. The molecular formula is C29H32O13. The van der Waals surface area contributed by atoms with Gasteiger partial charge in [-0.15, -0.1) is 0 Å². The van der Waals surface area contributed by atoms with Crippen molar-refractivity contribution in [1.29, 1.82) is 0 Å². The second-order valence-electron chi connectivity index (χ2n) is 9.29. The van der Waals surface area contributed by atoms with Crippen molar-refractivity contribution in [1.82, 2.24) is 0 Å². The molecule has 0 spiro atoms. The maximum absolute atomic E-state index is 13.6. The van der Waals surface area contributed by atoms with Gasteiger partial charge in [-0.2, -0.15) is 0 Å². The fraction of sp³-hybridized carbons (Fsp3) is 0.414. The molecule has 1 saturated heterocycles. The zero-order valence-corrected chi connectivity index (χ0v) is 22.9. The molecular weight excluding hydrogens is 556 g/mol. The van der Waals surface area contributed by atoms with E-state index in [1.165, 1.54) is 18.4 Å². The lowest BCUT2D eigenvalue weighted by Gasteiger charge is -2.40. The van der Waals surface area contributed by atoms with Crippen molar-refractivity contribution in [3.8, 4) is 22.6 Å². The fourth-order valence-corrected chi connectivity index (χ4v) is 4.55. The Morgan fingerprint density at radius 3 is 2.12 bits per heavy atom. The number of aliphatic hydroxyl groups is 4. The van der Waals surface area contributed by atoms with Gasteiger partial charge in [0.05, 0.1) is 36.3 Å². The van der Waals surface area contributed by atoms with E-state index >= 15 is 0 Å². The number of hydrogen-bond donors (Lipinski definition) is 4. The van der Waals surface area contributed by atoms with Crippen molar-refractivity contribution in [2.45, 2.75) is 44.4 Å². The van der Waals surface area contributed by atoms with Crippen LogP contribution in [-0.2, 0) is 23.8 Å². The highest BCUT2D eigenvalue weighted by Crippen LogP contribution is 2.41. The van der Waals surface area contributed by atoms with Crippen LogP contribution in [0.4, 0.5) is 0 Å². The summed E-state index contributed by atoms with van der Waals surface area (Å²) in [7, 11) is 0. The maximum Gasteiger partial charge on any atom is 0.344 e. The van der Waals surface area contributed by atoms with Crippen LogP contribution in [0.15, 0.2) is 51.9 Å². The topological polar surface area (TPSA) is 191 Å². The minimum Gasteiger partial charge on any atom is -0.482 e. The molecule has 2 aromatic carbocycles. The number of carbonyl (C=O) groups excluding carboxylic acids is 2. The van der Waals surface area contributed by atoms with Gasteiger partial charge in [-0.05, 0) is 43.7 Å². The van der Waals surface area contributed by atoms with E-state index in [2.05, 4.69) is 0 Å². The van der Waals surface area contributed by atoms with Crippen LogP contribution in [0.1, 0.15) is 25.5 Å². The molecule has 3 aromatic rings. The van der Waals surface area contributed by atoms with Crippen LogP contribution in [-0.4, -0.2) is 89.8 Å². The van der Waals surface area contributed by atoms with Crippen molar-refractivity contribution in [3.63, 3.8) is 0 Å². The molecule has 0 unspecified atom stereocenters. The van der Waals surface area contributed by atoms with Crippen LogP contribution < -0.4 is 14.9 Å². The summed E-state index contributed by atoms with van der Waals surface area (Å²) in [4.78, 5) is 37.1. The van der Waals surface area contributed by atoms with E-state index in [4.69, 9.17) is 28.1 Å². The summed E-state index contributed by atoms with van der Waals surface area (Å²) in [6.07, 6.45) is -6.54. The highest BCUT2D eigenvalue weighted by atomic mass is 16.6. The van der Waals surface area contributed by atoms with Gasteiger partial charge >= 0.3 is 11.9 Å². The summed E-state index contributed by atoms with van der Waals surface area (Å²) in [6.45, 7) is 2.20. The largest absolute Gasteiger partial charge is 0.482 e. The first-order valence-electron chi connectivity index (χ1n) is 13.3. The Balaban J connectivity index is 1.74. The molecule has 0 saturated carbocycles. The van der Waals surface area contributed by atoms with Gasteiger partial charge in [-0.3, -0.25) is 4.79 Å². The average Bonchev–Trinajstić information content (AvgIpc) is 2.99. The normalized spacial score (nSPS) is 22.0. The summed E-state index contributed by atoms with van der Waals surface area (Å²) < 4.78 is 32.4. The molecule has 226 valence electrons. The number of esters is 2. The van der Waals surface area contributed by atoms with E-state index in [0.29, 0.717) is 11.3 Å². The summed E-state index contributed by atoms with van der Waals surface area (Å²) in [5.41, 5.74) is 0.119. The van der Waals surface area contributed by atoms with E-state index in [1.807, 2.05) is 0 Å². The molecule has 0 aliphatic carbocycles. The van der Waals surface area contributed by atoms with Crippen LogP contribution in [0.2, 0.25) is 0 Å². The maximum atomic E-state index is 13.6. The highest BCUT2D eigenvalue weighted by molar-refractivity contribution is 5.86. The number of benzene rings is 2. The van der Waals surface area contributed by atoms with E-state index in [1.54, 1.807) is 38.1 Å². The molecule has 5 atom stereocenters. The van der Waals surface area contributed by atoms with Gasteiger partial charge in [-0.1, -0.05) is 12.1 Å². The van der Waals surface area contributed by atoms with E-state index < -0.39 is 61.1 Å². The van der Waals surface area contributed by atoms with Crippen LogP contribution in [0.25, 0.3) is 22.1 Å². The van der Waals surface area contributed by atoms with Gasteiger partial charge in [0.1, 0.15) is 53.9 Å². The molecule has 2 heterocycles. The molecule has 1 fully saturated rings. The Kier molecular flexibility index (Phi) is 10.1. The molecule has 4 rings (SSSR count). The molecule has 42 heavy (non-hydrogen) atoms. The van der Waals surface area contributed by atoms with Gasteiger partial charge in [0.25, 0.3) is 0 Å². The van der Waals surface area contributed by atoms with Crippen LogP contribution in [0, 0.1) is 0 Å². The van der Waals surface area contributed by atoms with Crippen LogP contribution in [0.3, 0.4) is 0 Å². The first-order chi connectivity index (χ1) is 20.2. The predicted octanol–water partition coefficient (Wildman–Crippen LogP) is 0.859. The van der Waals surface area contributed by atoms with E-state index in [0.717, 1.165) is 0 Å². The first-order valence-corrected chi connectivity index (χ1v) is 13.3. The molecule has 1 aliphatic heterocycles. The van der Waals surface area contributed by atoms with Gasteiger partial charge in [0.15, 0.2) is 13.2 Å². The van der Waals surface area contributed by atoms with Crippen LogP contribution in [0.5, 0.6) is 11.5 Å². The zero-order chi connectivity index (χ0) is 30.4. The lowest BCUT2D eigenvalue weighted by molar-refractivity contribution is -0.231. The molecule has 13 heteroatoms. The second kappa shape index (κ2) is 13.8. The summed E-state index contributed by atoms with van der Waals surface area (Å²) in [5.74, 6) is -0.828. The van der Waals surface area contributed by atoms with Gasteiger partial charge in [-0.25, -0.2) is 9.59 Å². The Hall–Kier alpha value is -4.01. The van der Waals surface area contributed by atoms with Crippen molar-refractivity contribution in [2.24, 2.45) is 0 Å². The van der Waals surface area contributed by atoms with Gasteiger partial charge in [0, 0.05) is 0 Å². The zero-order valence-electron chi connectivity index (χ0n) is 22.9. The average molecular weight is 589 g/mol. The van der Waals surface area contributed by atoms with Crippen LogP contribution >= 0.6 is 0 Å². The SMILES string of the molecule is CCOC(=O)COc1ccc(-c2coc3c([C@@H]4O[C@H](CO)[C@@H](O)[C@H](O)[C@H]4O)c(OCC(=O)OCC)ccc3c2=O)cc1. The van der Waals surface area contributed by atoms with Crippen molar-refractivity contribution in [3.05, 3.63) is 58.4 Å². The number of rotatable bonds is 11.